The fourth-order valence-electron chi connectivity index (χ4n) is 1.58. The van der Waals surface area contributed by atoms with Gasteiger partial charge in [0.05, 0.1) is 11.9 Å². The van der Waals surface area contributed by atoms with Crippen molar-refractivity contribution in [2.45, 2.75) is 46.1 Å². The highest BCUT2D eigenvalue weighted by molar-refractivity contribution is 5.92. The first-order chi connectivity index (χ1) is 8.63. The van der Waals surface area contributed by atoms with E-state index >= 15 is 0 Å². The predicted molar refractivity (Wildman–Crippen MR) is 74.9 cm³/mol. The molecule has 0 radical (unpaired) electrons. The van der Waals surface area contributed by atoms with E-state index in [1.165, 1.54) is 12.8 Å². The number of carbonyl (C=O) groups is 1. The molecule has 0 saturated heterocycles. The first-order valence-electron chi connectivity index (χ1n) is 6.64. The van der Waals surface area contributed by atoms with Crippen molar-refractivity contribution in [2.24, 2.45) is 0 Å². The molecule has 1 amide bonds. The van der Waals surface area contributed by atoms with Crippen LogP contribution >= 0.6 is 0 Å². The van der Waals surface area contributed by atoms with Crippen molar-refractivity contribution in [2.75, 3.05) is 11.9 Å². The lowest BCUT2D eigenvalue weighted by Gasteiger charge is -2.09. The van der Waals surface area contributed by atoms with Gasteiger partial charge in [0.25, 0.3) is 5.91 Å². The van der Waals surface area contributed by atoms with Crippen LogP contribution in [0.15, 0.2) is 18.3 Å². The topological polar surface area (TPSA) is 54.0 Å². The summed E-state index contributed by atoms with van der Waals surface area (Å²) in [6, 6.07) is 3.78. The fraction of sp³-hybridized carbons (Fsp3) is 0.571. The summed E-state index contributed by atoms with van der Waals surface area (Å²) in [5, 5.41) is 6.11. The zero-order chi connectivity index (χ0) is 13.4. The minimum atomic E-state index is -0.123. The maximum atomic E-state index is 11.7. The molecule has 18 heavy (non-hydrogen) atoms. The Morgan fingerprint density at radius 2 is 2.11 bits per heavy atom. The van der Waals surface area contributed by atoms with Gasteiger partial charge in [0.1, 0.15) is 5.69 Å². The van der Waals surface area contributed by atoms with E-state index < -0.39 is 0 Å². The molecule has 1 aromatic rings. The number of anilines is 1. The summed E-state index contributed by atoms with van der Waals surface area (Å²) in [5.74, 6) is -0.123. The number of rotatable bonds is 7. The molecule has 0 spiro atoms. The molecule has 0 aliphatic heterocycles. The normalized spacial score (nSPS) is 10.4. The van der Waals surface area contributed by atoms with Gasteiger partial charge in [-0.2, -0.15) is 0 Å². The minimum Gasteiger partial charge on any atom is -0.384 e. The van der Waals surface area contributed by atoms with E-state index in [1.54, 1.807) is 12.3 Å². The van der Waals surface area contributed by atoms with Crippen LogP contribution in [0, 0.1) is 0 Å². The lowest BCUT2D eigenvalue weighted by atomic mass is 10.2. The quantitative estimate of drug-likeness (QED) is 0.731. The number of hydrogen-bond acceptors (Lipinski definition) is 3. The molecule has 0 fully saturated rings. The zero-order valence-electron chi connectivity index (χ0n) is 11.5. The van der Waals surface area contributed by atoms with Gasteiger partial charge in [0, 0.05) is 12.6 Å². The van der Waals surface area contributed by atoms with Crippen molar-refractivity contribution in [3.8, 4) is 0 Å². The molecule has 4 heteroatoms. The lowest BCUT2D eigenvalue weighted by Crippen LogP contribution is -2.30. The molecule has 2 N–H and O–H groups in total. The first-order valence-corrected chi connectivity index (χ1v) is 6.64. The highest BCUT2D eigenvalue weighted by Crippen LogP contribution is 2.07. The SMILES string of the molecule is CCCCCNc1ccc(C(=O)NC(C)C)nc1. The molecule has 1 aromatic heterocycles. The van der Waals surface area contributed by atoms with Crippen LogP contribution in [0.5, 0.6) is 0 Å². The molecule has 1 rings (SSSR count). The molecule has 4 nitrogen and oxygen atoms in total. The molecule has 100 valence electrons. The third-order valence-corrected chi connectivity index (χ3v) is 2.53. The van der Waals surface area contributed by atoms with E-state index in [0.29, 0.717) is 5.69 Å². The predicted octanol–water partition coefficient (Wildman–Crippen LogP) is 2.82. The van der Waals surface area contributed by atoms with Crippen molar-refractivity contribution in [1.82, 2.24) is 10.3 Å². The smallest absolute Gasteiger partial charge is 0.270 e. The molecule has 0 unspecified atom stereocenters. The maximum Gasteiger partial charge on any atom is 0.270 e. The van der Waals surface area contributed by atoms with Gasteiger partial charge in [-0.25, -0.2) is 4.98 Å². The number of unbranched alkanes of at least 4 members (excludes halogenated alkanes) is 2. The molecular weight excluding hydrogens is 226 g/mol. The molecule has 0 aromatic carbocycles. The standard InChI is InChI=1S/C14H23N3O/c1-4-5-6-9-15-12-7-8-13(16-10-12)14(18)17-11(2)3/h7-8,10-11,15H,4-6,9H2,1-3H3,(H,17,18). The Bertz CT molecular complexity index is 360. The molecule has 1 heterocycles. The van der Waals surface area contributed by atoms with Crippen LogP contribution < -0.4 is 10.6 Å². The number of aromatic nitrogens is 1. The molecular formula is C14H23N3O. The Balaban J connectivity index is 2.44. The van der Waals surface area contributed by atoms with Crippen LogP contribution in [0.3, 0.4) is 0 Å². The molecule has 0 aliphatic rings. The van der Waals surface area contributed by atoms with Gasteiger partial charge >= 0.3 is 0 Å². The minimum absolute atomic E-state index is 0.123. The van der Waals surface area contributed by atoms with Crippen molar-refractivity contribution < 1.29 is 4.79 Å². The number of nitrogens with zero attached hydrogens (tertiary/aromatic N) is 1. The molecule has 0 atom stereocenters. The van der Waals surface area contributed by atoms with Gasteiger partial charge in [-0.05, 0) is 32.4 Å². The summed E-state index contributed by atoms with van der Waals surface area (Å²) in [6.07, 6.45) is 5.32. The Morgan fingerprint density at radius 1 is 1.33 bits per heavy atom. The fourth-order valence-corrected chi connectivity index (χ4v) is 1.58. The third-order valence-electron chi connectivity index (χ3n) is 2.53. The van der Waals surface area contributed by atoms with Crippen LogP contribution in [0.25, 0.3) is 0 Å². The van der Waals surface area contributed by atoms with Gasteiger partial charge < -0.3 is 10.6 Å². The molecule has 0 aliphatic carbocycles. The first kappa shape index (κ1) is 14.5. The Kier molecular flexibility index (Phi) is 6.19. The average molecular weight is 249 g/mol. The van der Waals surface area contributed by atoms with Crippen LogP contribution in [0.1, 0.15) is 50.5 Å². The maximum absolute atomic E-state index is 11.7. The average Bonchev–Trinajstić information content (AvgIpc) is 2.34. The summed E-state index contributed by atoms with van der Waals surface area (Å²) in [5.41, 5.74) is 1.43. The van der Waals surface area contributed by atoms with Gasteiger partial charge in [0.15, 0.2) is 0 Å². The van der Waals surface area contributed by atoms with E-state index in [4.69, 9.17) is 0 Å². The van der Waals surface area contributed by atoms with Gasteiger partial charge in [-0.15, -0.1) is 0 Å². The second-order valence-corrected chi connectivity index (χ2v) is 4.69. The van der Waals surface area contributed by atoms with E-state index in [0.717, 1.165) is 18.7 Å². The highest BCUT2D eigenvalue weighted by atomic mass is 16.1. The summed E-state index contributed by atoms with van der Waals surface area (Å²) in [6.45, 7) is 7.00. The largest absolute Gasteiger partial charge is 0.384 e. The van der Waals surface area contributed by atoms with Crippen LogP contribution in [0.2, 0.25) is 0 Å². The number of amides is 1. The Hall–Kier alpha value is -1.58. The number of carbonyl (C=O) groups excluding carboxylic acids is 1. The van der Waals surface area contributed by atoms with E-state index in [2.05, 4.69) is 22.5 Å². The van der Waals surface area contributed by atoms with Crippen molar-refractivity contribution in [1.29, 1.82) is 0 Å². The molecule has 0 saturated carbocycles. The zero-order valence-corrected chi connectivity index (χ0v) is 11.5. The van der Waals surface area contributed by atoms with Gasteiger partial charge in [-0.1, -0.05) is 19.8 Å². The second kappa shape index (κ2) is 7.69. The summed E-state index contributed by atoms with van der Waals surface area (Å²) >= 11 is 0. The van der Waals surface area contributed by atoms with Gasteiger partial charge in [-0.3, -0.25) is 4.79 Å². The summed E-state index contributed by atoms with van der Waals surface area (Å²) in [4.78, 5) is 15.8. The summed E-state index contributed by atoms with van der Waals surface area (Å²) in [7, 11) is 0. The second-order valence-electron chi connectivity index (χ2n) is 4.69. The van der Waals surface area contributed by atoms with Crippen LogP contribution in [-0.2, 0) is 0 Å². The lowest BCUT2D eigenvalue weighted by molar-refractivity contribution is 0.0938. The van der Waals surface area contributed by atoms with Crippen molar-refractivity contribution in [3.05, 3.63) is 24.0 Å². The van der Waals surface area contributed by atoms with Crippen LogP contribution in [-0.4, -0.2) is 23.5 Å². The number of hydrogen-bond donors (Lipinski definition) is 2. The van der Waals surface area contributed by atoms with Crippen molar-refractivity contribution in [3.63, 3.8) is 0 Å². The number of nitrogens with one attached hydrogen (secondary N) is 2. The van der Waals surface area contributed by atoms with Crippen molar-refractivity contribution >= 4 is 11.6 Å². The Labute approximate surface area is 109 Å². The van der Waals surface area contributed by atoms with Gasteiger partial charge in [0.2, 0.25) is 0 Å². The Morgan fingerprint density at radius 3 is 2.67 bits per heavy atom. The summed E-state index contributed by atoms with van der Waals surface area (Å²) < 4.78 is 0. The van der Waals surface area contributed by atoms with E-state index in [1.807, 2.05) is 19.9 Å². The number of pyridine rings is 1. The van der Waals surface area contributed by atoms with E-state index in [9.17, 15) is 4.79 Å². The van der Waals surface area contributed by atoms with Crippen LogP contribution in [0.4, 0.5) is 5.69 Å². The highest BCUT2D eigenvalue weighted by Gasteiger charge is 2.07. The molecule has 0 bridgehead atoms. The monoisotopic (exact) mass is 249 g/mol. The third kappa shape index (κ3) is 5.17. The van der Waals surface area contributed by atoms with E-state index in [-0.39, 0.29) is 11.9 Å².